The molecule has 2 unspecified atom stereocenters. The van der Waals surface area contributed by atoms with E-state index >= 15 is 0 Å². The van der Waals surface area contributed by atoms with Crippen LogP contribution in [0.25, 0.3) is 0 Å². The first-order valence-corrected chi connectivity index (χ1v) is 7.39. The molecule has 4 heteroatoms. The molecule has 2 atom stereocenters. The molecule has 0 saturated carbocycles. The largest absolute Gasteiger partial charge is 0.383 e. The third-order valence-corrected chi connectivity index (χ3v) is 5.48. The van der Waals surface area contributed by atoms with Crippen molar-refractivity contribution in [1.82, 2.24) is 4.98 Å². The zero-order valence-electron chi connectivity index (χ0n) is 10.2. The Balaban J connectivity index is 1.92. The van der Waals surface area contributed by atoms with E-state index in [-0.39, 0.29) is 0 Å². The van der Waals surface area contributed by atoms with Gasteiger partial charge in [-0.1, -0.05) is 12.5 Å². The van der Waals surface area contributed by atoms with Crippen molar-refractivity contribution in [1.29, 1.82) is 5.26 Å². The van der Waals surface area contributed by atoms with Gasteiger partial charge in [0.25, 0.3) is 0 Å². The van der Waals surface area contributed by atoms with Crippen molar-refractivity contribution in [3.8, 4) is 6.07 Å². The average molecular weight is 260 g/mol. The Morgan fingerprint density at radius 2 is 2.06 bits per heavy atom. The van der Waals surface area contributed by atoms with Crippen LogP contribution in [-0.4, -0.2) is 20.6 Å². The standard InChI is InChI=1S/C14H16N2OS/c15-9-10-3-1-6-13(16-10)14(17)7-11-4-2-5-12(8-14)18-11/h1,3,6,11-12,17H,2,4-5,7-8H2. The number of rotatable bonds is 1. The maximum absolute atomic E-state index is 10.9. The lowest BCUT2D eigenvalue weighted by atomic mass is 9.83. The number of thioether (sulfide) groups is 1. The quantitative estimate of drug-likeness (QED) is 0.843. The highest BCUT2D eigenvalue weighted by atomic mass is 32.2. The van der Waals surface area contributed by atoms with Gasteiger partial charge in [0.15, 0.2) is 0 Å². The van der Waals surface area contributed by atoms with Crippen LogP contribution in [0.4, 0.5) is 0 Å². The summed E-state index contributed by atoms with van der Waals surface area (Å²) in [5.41, 5.74) is 0.247. The second-order valence-electron chi connectivity index (χ2n) is 5.27. The number of nitriles is 1. The van der Waals surface area contributed by atoms with Gasteiger partial charge in [0, 0.05) is 10.5 Å². The van der Waals surface area contributed by atoms with Crippen LogP contribution in [0.5, 0.6) is 0 Å². The lowest BCUT2D eigenvalue weighted by Crippen LogP contribution is -2.41. The van der Waals surface area contributed by atoms with E-state index in [1.807, 2.05) is 30.0 Å². The van der Waals surface area contributed by atoms with E-state index in [9.17, 15) is 5.11 Å². The molecule has 94 valence electrons. The topological polar surface area (TPSA) is 56.9 Å². The molecule has 1 aromatic rings. The minimum absolute atomic E-state index is 0.393. The van der Waals surface area contributed by atoms with Gasteiger partial charge in [-0.15, -0.1) is 0 Å². The van der Waals surface area contributed by atoms with Crippen LogP contribution < -0.4 is 0 Å². The molecule has 2 aliphatic heterocycles. The molecule has 3 heterocycles. The van der Waals surface area contributed by atoms with E-state index in [0.29, 0.717) is 21.9 Å². The third kappa shape index (κ3) is 2.13. The molecule has 0 aromatic carbocycles. The molecule has 2 saturated heterocycles. The number of aliphatic hydroxyl groups is 1. The van der Waals surface area contributed by atoms with Crippen LogP contribution in [0.3, 0.4) is 0 Å². The Hall–Kier alpha value is -1.05. The average Bonchev–Trinajstić information content (AvgIpc) is 2.38. The van der Waals surface area contributed by atoms with Gasteiger partial charge in [-0.2, -0.15) is 17.0 Å². The van der Waals surface area contributed by atoms with Crippen molar-refractivity contribution in [2.45, 2.75) is 48.2 Å². The Bertz CT molecular complexity index is 485. The van der Waals surface area contributed by atoms with Gasteiger partial charge in [0.05, 0.1) is 5.69 Å². The lowest BCUT2D eigenvalue weighted by Gasteiger charge is -2.43. The Kier molecular flexibility index (Phi) is 3.04. The van der Waals surface area contributed by atoms with E-state index in [1.165, 1.54) is 19.3 Å². The molecule has 2 fully saturated rings. The van der Waals surface area contributed by atoms with Crippen molar-refractivity contribution in [2.24, 2.45) is 0 Å². The molecule has 0 amide bonds. The fourth-order valence-electron chi connectivity index (χ4n) is 3.08. The summed E-state index contributed by atoms with van der Waals surface area (Å²) < 4.78 is 0. The van der Waals surface area contributed by atoms with Crippen LogP contribution in [0.1, 0.15) is 43.5 Å². The number of fused-ring (bicyclic) bond motifs is 2. The Morgan fingerprint density at radius 3 is 2.72 bits per heavy atom. The minimum Gasteiger partial charge on any atom is -0.383 e. The fraction of sp³-hybridized carbons (Fsp3) is 0.571. The summed E-state index contributed by atoms with van der Waals surface area (Å²) in [6.45, 7) is 0. The second kappa shape index (κ2) is 4.56. The van der Waals surface area contributed by atoms with E-state index in [1.54, 1.807) is 6.07 Å². The molecule has 0 aliphatic carbocycles. The Labute approximate surface area is 111 Å². The molecule has 18 heavy (non-hydrogen) atoms. The van der Waals surface area contributed by atoms with Crippen molar-refractivity contribution < 1.29 is 5.11 Å². The van der Waals surface area contributed by atoms with Gasteiger partial charge >= 0.3 is 0 Å². The first-order chi connectivity index (χ1) is 8.69. The number of hydrogen-bond acceptors (Lipinski definition) is 4. The van der Waals surface area contributed by atoms with Gasteiger partial charge in [-0.25, -0.2) is 4.98 Å². The van der Waals surface area contributed by atoms with Gasteiger partial charge in [-0.05, 0) is 37.8 Å². The summed E-state index contributed by atoms with van der Waals surface area (Å²) in [7, 11) is 0. The zero-order chi connectivity index (χ0) is 12.6. The third-order valence-electron chi connectivity index (χ3n) is 3.91. The summed E-state index contributed by atoms with van der Waals surface area (Å²) in [4.78, 5) is 4.29. The molecular formula is C14H16N2OS. The molecule has 3 nitrogen and oxygen atoms in total. The summed E-state index contributed by atoms with van der Waals surface area (Å²) in [5, 5.41) is 20.9. The fourth-order valence-corrected chi connectivity index (χ4v) is 4.98. The second-order valence-corrected chi connectivity index (χ2v) is 6.88. The highest BCUT2D eigenvalue weighted by Crippen LogP contribution is 2.48. The molecule has 0 spiro atoms. The van der Waals surface area contributed by atoms with Gasteiger partial charge in [-0.3, -0.25) is 0 Å². The Morgan fingerprint density at radius 1 is 1.33 bits per heavy atom. The monoisotopic (exact) mass is 260 g/mol. The molecule has 0 radical (unpaired) electrons. The maximum atomic E-state index is 10.9. The van der Waals surface area contributed by atoms with Gasteiger partial charge in [0.2, 0.25) is 0 Å². The number of nitrogens with zero attached hydrogens (tertiary/aromatic N) is 2. The first kappa shape index (κ1) is 12.0. The van der Waals surface area contributed by atoms with Crippen LogP contribution in [0.2, 0.25) is 0 Å². The number of pyridine rings is 1. The molecule has 1 aromatic heterocycles. The molecule has 3 rings (SSSR count). The molecule has 2 bridgehead atoms. The molecular weight excluding hydrogens is 244 g/mol. The smallest absolute Gasteiger partial charge is 0.140 e. The number of hydrogen-bond donors (Lipinski definition) is 1. The van der Waals surface area contributed by atoms with Crippen LogP contribution >= 0.6 is 11.8 Å². The summed E-state index contributed by atoms with van der Waals surface area (Å²) in [5.74, 6) is 0. The van der Waals surface area contributed by atoms with Crippen LogP contribution in [0.15, 0.2) is 18.2 Å². The SMILES string of the molecule is N#Cc1cccc(C2(O)CC3CCCC(C2)S3)n1. The van der Waals surface area contributed by atoms with Gasteiger partial charge < -0.3 is 5.11 Å². The summed E-state index contributed by atoms with van der Waals surface area (Å²) in [6, 6.07) is 7.40. The van der Waals surface area contributed by atoms with Crippen LogP contribution in [0, 0.1) is 11.3 Å². The predicted molar refractivity (Wildman–Crippen MR) is 71.1 cm³/mol. The highest BCUT2D eigenvalue weighted by Gasteiger charge is 2.43. The van der Waals surface area contributed by atoms with Crippen molar-refractivity contribution >= 4 is 11.8 Å². The minimum atomic E-state index is -0.826. The van der Waals surface area contributed by atoms with Crippen molar-refractivity contribution in [3.05, 3.63) is 29.6 Å². The van der Waals surface area contributed by atoms with E-state index < -0.39 is 5.60 Å². The van der Waals surface area contributed by atoms with Crippen LogP contribution in [-0.2, 0) is 5.60 Å². The number of aromatic nitrogens is 1. The van der Waals surface area contributed by atoms with Gasteiger partial charge in [0.1, 0.15) is 17.4 Å². The van der Waals surface area contributed by atoms with E-state index in [0.717, 1.165) is 12.8 Å². The lowest BCUT2D eigenvalue weighted by molar-refractivity contribution is 0.00400. The molecule has 1 N–H and O–H groups in total. The van der Waals surface area contributed by atoms with Crippen molar-refractivity contribution in [2.75, 3.05) is 0 Å². The van der Waals surface area contributed by atoms with E-state index in [4.69, 9.17) is 5.26 Å². The maximum Gasteiger partial charge on any atom is 0.140 e. The summed E-state index contributed by atoms with van der Waals surface area (Å²) in [6.07, 6.45) is 5.22. The van der Waals surface area contributed by atoms with E-state index in [2.05, 4.69) is 4.98 Å². The normalized spacial score (nSPS) is 34.9. The predicted octanol–water partition coefficient (Wildman–Crippen LogP) is 2.59. The summed E-state index contributed by atoms with van der Waals surface area (Å²) >= 11 is 2.03. The zero-order valence-corrected chi connectivity index (χ0v) is 11.0. The first-order valence-electron chi connectivity index (χ1n) is 6.45. The molecule has 2 aliphatic rings. The highest BCUT2D eigenvalue weighted by molar-refractivity contribution is 8.00. The van der Waals surface area contributed by atoms with Crippen molar-refractivity contribution in [3.63, 3.8) is 0 Å².